The van der Waals surface area contributed by atoms with Crippen molar-refractivity contribution in [2.24, 2.45) is 0 Å². The van der Waals surface area contributed by atoms with Crippen molar-refractivity contribution in [1.82, 2.24) is 9.80 Å². The summed E-state index contributed by atoms with van der Waals surface area (Å²) < 4.78 is 0. The third-order valence-electron chi connectivity index (χ3n) is 3.64. The molecular weight excluding hydrogens is 244 g/mol. The molecule has 1 unspecified atom stereocenters. The second-order valence-corrected chi connectivity index (χ2v) is 6.29. The molecule has 2 amide bonds. The molecule has 19 heavy (non-hydrogen) atoms. The Balaban J connectivity index is 2.78. The van der Waals surface area contributed by atoms with Gasteiger partial charge in [0.05, 0.1) is 6.42 Å². The summed E-state index contributed by atoms with van der Waals surface area (Å²) in [5.74, 6) is -0.867. The van der Waals surface area contributed by atoms with Gasteiger partial charge in [0.25, 0.3) is 0 Å². The number of nitrogens with zero attached hydrogens (tertiary/aromatic N) is 2. The molecule has 0 aliphatic carbocycles. The number of carboxylic acids is 1. The Bertz CT molecular complexity index is 336. The van der Waals surface area contributed by atoms with Crippen molar-refractivity contribution in [1.29, 1.82) is 0 Å². The molecule has 0 radical (unpaired) electrons. The first-order valence-corrected chi connectivity index (χ1v) is 7.03. The first-order chi connectivity index (χ1) is 8.73. The van der Waals surface area contributed by atoms with Crippen LogP contribution in [0.15, 0.2) is 0 Å². The molecule has 1 fully saturated rings. The van der Waals surface area contributed by atoms with Crippen LogP contribution in [0, 0.1) is 0 Å². The second kappa shape index (κ2) is 6.26. The van der Waals surface area contributed by atoms with E-state index in [0.717, 1.165) is 25.8 Å². The minimum absolute atomic E-state index is 0.00870. The van der Waals surface area contributed by atoms with Crippen molar-refractivity contribution in [3.8, 4) is 0 Å². The monoisotopic (exact) mass is 270 g/mol. The van der Waals surface area contributed by atoms with Gasteiger partial charge in [-0.3, -0.25) is 4.79 Å². The predicted octanol–water partition coefficient (Wildman–Crippen LogP) is 2.56. The summed E-state index contributed by atoms with van der Waals surface area (Å²) in [6, 6.07) is 0.219. The van der Waals surface area contributed by atoms with Crippen LogP contribution in [-0.4, -0.2) is 51.6 Å². The van der Waals surface area contributed by atoms with Crippen LogP contribution >= 0.6 is 0 Å². The first kappa shape index (κ1) is 15.8. The van der Waals surface area contributed by atoms with Gasteiger partial charge in [0.2, 0.25) is 0 Å². The average Bonchev–Trinajstić information content (AvgIpc) is 2.27. The van der Waals surface area contributed by atoms with Crippen LogP contribution < -0.4 is 0 Å². The minimum Gasteiger partial charge on any atom is -0.481 e. The first-order valence-electron chi connectivity index (χ1n) is 7.03. The molecule has 1 N–H and O–H groups in total. The zero-order chi connectivity index (χ0) is 14.6. The third kappa shape index (κ3) is 4.40. The van der Waals surface area contributed by atoms with E-state index in [1.807, 2.05) is 25.7 Å². The van der Waals surface area contributed by atoms with Crippen molar-refractivity contribution >= 4 is 12.0 Å². The van der Waals surface area contributed by atoms with Gasteiger partial charge in [-0.15, -0.1) is 0 Å². The molecule has 1 aliphatic rings. The number of hydrogen-bond donors (Lipinski definition) is 1. The number of amides is 2. The Morgan fingerprint density at radius 1 is 1.32 bits per heavy atom. The fraction of sp³-hybridized carbons (Fsp3) is 0.857. The van der Waals surface area contributed by atoms with Crippen LogP contribution in [0.4, 0.5) is 4.79 Å². The molecule has 110 valence electrons. The van der Waals surface area contributed by atoms with E-state index >= 15 is 0 Å². The van der Waals surface area contributed by atoms with E-state index in [0.29, 0.717) is 0 Å². The number of aliphatic carboxylic acids is 1. The Kier molecular flexibility index (Phi) is 5.20. The standard InChI is InChI=1S/C14H26N2O3/c1-11-7-5-6-9-15(11)13(19)16(14(2,3)4)10-8-12(17)18/h11H,5-10H2,1-4H3,(H,17,18). The molecule has 1 rings (SSSR count). The van der Waals surface area contributed by atoms with E-state index in [4.69, 9.17) is 5.11 Å². The van der Waals surface area contributed by atoms with E-state index in [1.165, 1.54) is 0 Å². The predicted molar refractivity (Wildman–Crippen MR) is 74.1 cm³/mol. The third-order valence-corrected chi connectivity index (χ3v) is 3.64. The smallest absolute Gasteiger partial charge is 0.320 e. The lowest BCUT2D eigenvalue weighted by molar-refractivity contribution is -0.137. The number of rotatable bonds is 3. The maximum absolute atomic E-state index is 12.6. The Labute approximate surface area is 115 Å². The SMILES string of the molecule is CC1CCCCN1C(=O)N(CCC(=O)O)C(C)(C)C. The number of piperidine rings is 1. The molecule has 5 heteroatoms. The van der Waals surface area contributed by atoms with E-state index in [9.17, 15) is 9.59 Å². The molecule has 0 aromatic heterocycles. The van der Waals surface area contributed by atoms with Crippen molar-refractivity contribution in [2.75, 3.05) is 13.1 Å². The molecule has 1 saturated heterocycles. The fourth-order valence-electron chi connectivity index (χ4n) is 2.46. The Hall–Kier alpha value is -1.26. The number of carboxylic acid groups (broad SMARTS) is 1. The highest BCUT2D eigenvalue weighted by molar-refractivity contribution is 5.76. The van der Waals surface area contributed by atoms with Gasteiger partial charge in [0.1, 0.15) is 0 Å². The lowest BCUT2D eigenvalue weighted by atomic mass is 10.0. The van der Waals surface area contributed by atoms with E-state index in [1.54, 1.807) is 4.90 Å². The normalized spacial score (nSPS) is 20.2. The van der Waals surface area contributed by atoms with Crippen LogP contribution in [0.3, 0.4) is 0 Å². The zero-order valence-corrected chi connectivity index (χ0v) is 12.5. The summed E-state index contributed by atoms with van der Waals surface area (Å²) >= 11 is 0. The largest absolute Gasteiger partial charge is 0.481 e. The van der Waals surface area contributed by atoms with Crippen LogP contribution in [0.1, 0.15) is 53.4 Å². The number of likely N-dealkylation sites (tertiary alicyclic amines) is 1. The van der Waals surface area contributed by atoms with Gasteiger partial charge in [-0.05, 0) is 47.0 Å². The highest BCUT2D eigenvalue weighted by atomic mass is 16.4. The fourth-order valence-corrected chi connectivity index (χ4v) is 2.46. The highest BCUT2D eigenvalue weighted by Gasteiger charge is 2.33. The van der Waals surface area contributed by atoms with Gasteiger partial charge >= 0.3 is 12.0 Å². The van der Waals surface area contributed by atoms with E-state index in [-0.39, 0.29) is 30.6 Å². The van der Waals surface area contributed by atoms with Crippen molar-refractivity contribution in [3.63, 3.8) is 0 Å². The zero-order valence-electron chi connectivity index (χ0n) is 12.5. The lowest BCUT2D eigenvalue weighted by Gasteiger charge is -2.42. The quantitative estimate of drug-likeness (QED) is 0.857. The Morgan fingerprint density at radius 2 is 1.95 bits per heavy atom. The molecule has 1 atom stereocenters. The summed E-state index contributed by atoms with van der Waals surface area (Å²) in [7, 11) is 0. The molecule has 0 saturated carbocycles. The van der Waals surface area contributed by atoms with Crippen LogP contribution in [0.25, 0.3) is 0 Å². The maximum Gasteiger partial charge on any atom is 0.320 e. The molecule has 0 spiro atoms. The van der Waals surface area contributed by atoms with Crippen LogP contribution in [0.2, 0.25) is 0 Å². The number of hydrogen-bond acceptors (Lipinski definition) is 2. The van der Waals surface area contributed by atoms with Gasteiger partial charge < -0.3 is 14.9 Å². The van der Waals surface area contributed by atoms with Crippen molar-refractivity contribution < 1.29 is 14.7 Å². The molecule has 0 bridgehead atoms. The number of carbonyl (C=O) groups is 2. The summed E-state index contributed by atoms with van der Waals surface area (Å²) in [5, 5.41) is 8.82. The molecule has 1 aliphatic heterocycles. The summed E-state index contributed by atoms with van der Waals surface area (Å²) in [6.45, 7) is 8.94. The number of carbonyl (C=O) groups excluding carboxylic acids is 1. The van der Waals surface area contributed by atoms with Gasteiger partial charge in [-0.25, -0.2) is 4.79 Å². The Morgan fingerprint density at radius 3 is 2.42 bits per heavy atom. The maximum atomic E-state index is 12.6. The molecular formula is C14H26N2O3. The van der Waals surface area contributed by atoms with Crippen LogP contribution in [-0.2, 0) is 4.79 Å². The molecule has 5 nitrogen and oxygen atoms in total. The highest BCUT2D eigenvalue weighted by Crippen LogP contribution is 2.22. The van der Waals surface area contributed by atoms with Gasteiger partial charge in [-0.1, -0.05) is 0 Å². The van der Waals surface area contributed by atoms with Gasteiger partial charge in [0.15, 0.2) is 0 Å². The summed E-state index contributed by atoms with van der Waals surface area (Å²) in [6.07, 6.45) is 3.22. The topological polar surface area (TPSA) is 60.9 Å². The lowest BCUT2D eigenvalue weighted by Crippen LogP contribution is -2.55. The van der Waals surface area contributed by atoms with Crippen LogP contribution in [0.5, 0.6) is 0 Å². The molecule has 1 heterocycles. The van der Waals surface area contributed by atoms with E-state index in [2.05, 4.69) is 6.92 Å². The number of urea groups is 1. The second-order valence-electron chi connectivity index (χ2n) is 6.29. The minimum atomic E-state index is -0.867. The molecule has 0 aromatic carbocycles. The van der Waals surface area contributed by atoms with Crippen molar-refractivity contribution in [2.45, 2.75) is 65.0 Å². The summed E-state index contributed by atoms with van der Waals surface area (Å²) in [4.78, 5) is 26.9. The van der Waals surface area contributed by atoms with Crippen molar-refractivity contribution in [3.05, 3.63) is 0 Å². The van der Waals surface area contributed by atoms with E-state index < -0.39 is 5.97 Å². The van der Waals surface area contributed by atoms with Gasteiger partial charge in [-0.2, -0.15) is 0 Å². The average molecular weight is 270 g/mol. The van der Waals surface area contributed by atoms with Gasteiger partial charge in [0, 0.05) is 24.7 Å². The molecule has 0 aromatic rings. The summed E-state index contributed by atoms with van der Waals surface area (Å²) in [5.41, 5.74) is -0.357.